The van der Waals surface area contributed by atoms with Crippen molar-refractivity contribution in [3.63, 3.8) is 0 Å². The SMILES string of the molecule is CCCCCC1CCc2nc(N)sc2C1. The molecule has 1 heterocycles. The van der Waals surface area contributed by atoms with Crippen molar-refractivity contribution in [1.82, 2.24) is 4.98 Å². The van der Waals surface area contributed by atoms with E-state index in [1.165, 1.54) is 49.1 Å². The number of nitrogens with two attached hydrogens (primary N) is 1. The minimum Gasteiger partial charge on any atom is -0.375 e. The Morgan fingerprint density at radius 1 is 1.47 bits per heavy atom. The summed E-state index contributed by atoms with van der Waals surface area (Å²) < 4.78 is 0. The molecule has 1 aliphatic carbocycles. The minimum absolute atomic E-state index is 0.759. The minimum atomic E-state index is 0.759. The van der Waals surface area contributed by atoms with Gasteiger partial charge in [-0.25, -0.2) is 4.98 Å². The molecular formula is C12H20N2S. The molecule has 1 atom stereocenters. The molecule has 0 spiro atoms. The highest BCUT2D eigenvalue weighted by molar-refractivity contribution is 7.15. The zero-order chi connectivity index (χ0) is 10.7. The second kappa shape index (κ2) is 4.97. The molecule has 0 radical (unpaired) electrons. The van der Waals surface area contributed by atoms with Gasteiger partial charge in [-0.2, -0.15) is 0 Å². The Bertz CT molecular complexity index is 319. The number of aromatic nitrogens is 1. The second-order valence-corrected chi connectivity index (χ2v) is 5.64. The lowest BCUT2D eigenvalue weighted by atomic mass is 9.87. The van der Waals surface area contributed by atoms with Gasteiger partial charge in [-0.1, -0.05) is 32.6 Å². The first-order valence-corrected chi connectivity index (χ1v) is 6.85. The maximum absolute atomic E-state index is 5.73. The fourth-order valence-corrected chi connectivity index (χ4v) is 3.39. The van der Waals surface area contributed by atoms with Crippen molar-refractivity contribution in [2.24, 2.45) is 5.92 Å². The third kappa shape index (κ3) is 2.71. The van der Waals surface area contributed by atoms with Gasteiger partial charge in [0.05, 0.1) is 5.69 Å². The molecule has 1 unspecified atom stereocenters. The molecule has 3 heteroatoms. The van der Waals surface area contributed by atoms with Crippen molar-refractivity contribution in [3.8, 4) is 0 Å². The van der Waals surface area contributed by atoms with Crippen LogP contribution in [0.25, 0.3) is 0 Å². The Labute approximate surface area is 95.9 Å². The zero-order valence-corrected chi connectivity index (χ0v) is 10.3. The van der Waals surface area contributed by atoms with E-state index in [1.54, 1.807) is 11.3 Å². The summed E-state index contributed by atoms with van der Waals surface area (Å²) in [6, 6.07) is 0. The number of thiazole rings is 1. The highest BCUT2D eigenvalue weighted by Crippen LogP contribution is 2.33. The third-order valence-electron chi connectivity index (χ3n) is 3.27. The lowest BCUT2D eigenvalue weighted by Crippen LogP contribution is -2.12. The van der Waals surface area contributed by atoms with Crippen LogP contribution in [0, 0.1) is 5.92 Å². The van der Waals surface area contributed by atoms with Gasteiger partial charge in [-0.15, -0.1) is 11.3 Å². The van der Waals surface area contributed by atoms with Gasteiger partial charge >= 0.3 is 0 Å². The fraction of sp³-hybridized carbons (Fsp3) is 0.750. The summed E-state index contributed by atoms with van der Waals surface area (Å²) in [7, 11) is 0. The molecule has 0 bridgehead atoms. The summed E-state index contributed by atoms with van der Waals surface area (Å²) in [5.74, 6) is 0.892. The average molecular weight is 224 g/mol. The van der Waals surface area contributed by atoms with E-state index in [1.807, 2.05) is 0 Å². The average Bonchev–Trinajstić information content (AvgIpc) is 2.57. The van der Waals surface area contributed by atoms with E-state index in [9.17, 15) is 0 Å². The van der Waals surface area contributed by atoms with Crippen LogP contribution in [0.2, 0.25) is 0 Å². The first-order chi connectivity index (χ1) is 7.29. The first-order valence-electron chi connectivity index (χ1n) is 6.03. The van der Waals surface area contributed by atoms with Gasteiger partial charge in [0.25, 0.3) is 0 Å². The second-order valence-electron chi connectivity index (χ2n) is 4.53. The summed E-state index contributed by atoms with van der Waals surface area (Å²) in [5.41, 5.74) is 7.01. The smallest absolute Gasteiger partial charge is 0.180 e. The van der Waals surface area contributed by atoms with Gasteiger partial charge in [0, 0.05) is 4.88 Å². The van der Waals surface area contributed by atoms with Crippen molar-refractivity contribution in [1.29, 1.82) is 0 Å². The molecule has 0 saturated heterocycles. The predicted octanol–water partition coefficient (Wildman–Crippen LogP) is 3.41. The van der Waals surface area contributed by atoms with Gasteiger partial charge in [0.15, 0.2) is 5.13 Å². The number of nitrogen functional groups attached to an aromatic ring is 1. The zero-order valence-electron chi connectivity index (χ0n) is 9.46. The monoisotopic (exact) mass is 224 g/mol. The van der Waals surface area contributed by atoms with Gasteiger partial charge in [-0.05, 0) is 25.2 Å². The standard InChI is InChI=1S/C12H20N2S/c1-2-3-4-5-9-6-7-10-11(8-9)15-12(13)14-10/h9H,2-8H2,1H3,(H2,13,14). The summed E-state index contributed by atoms with van der Waals surface area (Å²) in [5, 5.41) is 0.759. The van der Waals surface area contributed by atoms with Crippen LogP contribution in [0.5, 0.6) is 0 Å². The van der Waals surface area contributed by atoms with E-state index in [-0.39, 0.29) is 0 Å². The lowest BCUT2D eigenvalue weighted by molar-refractivity contribution is 0.409. The van der Waals surface area contributed by atoms with Crippen LogP contribution in [0.3, 0.4) is 0 Å². The van der Waals surface area contributed by atoms with Gasteiger partial charge in [-0.3, -0.25) is 0 Å². The molecule has 84 valence electrons. The van der Waals surface area contributed by atoms with Crippen LogP contribution >= 0.6 is 11.3 Å². The maximum Gasteiger partial charge on any atom is 0.180 e. The van der Waals surface area contributed by atoms with Crippen molar-refractivity contribution < 1.29 is 0 Å². The van der Waals surface area contributed by atoms with Crippen LogP contribution in [-0.2, 0) is 12.8 Å². The third-order valence-corrected chi connectivity index (χ3v) is 4.22. The van der Waals surface area contributed by atoms with Crippen molar-refractivity contribution in [2.45, 2.75) is 51.9 Å². The van der Waals surface area contributed by atoms with Crippen LogP contribution in [0.1, 0.15) is 49.6 Å². The van der Waals surface area contributed by atoms with Gasteiger partial charge < -0.3 is 5.73 Å². The molecule has 15 heavy (non-hydrogen) atoms. The molecule has 2 nitrogen and oxygen atoms in total. The number of nitrogens with zero attached hydrogens (tertiary/aromatic N) is 1. The molecule has 1 aromatic heterocycles. The number of hydrogen-bond acceptors (Lipinski definition) is 3. The maximum atomic E-state index is 5.73. The van der Waals surface area contributed by atoms with Crippen LogP contribution in [0.15, 0.2) is 0 Å². The Morgan fingerprint density at radius 2 is 2.33 bits per heavy atom. The lowest BCUT2D eigenvalue weighted by Gasteiger charge is -2.20. The van der Waals surface area contributed by atoms with Crippen molar-refractivity contribution in [2.75, 3.05) is 5.73 Å². The molecule has 2 N–H and O–H groups in total. The number of hydrogen-bond donors (Lipinski definition) is 1. The highest BCUT2D eigenvalue weighted by Gasteiger charge is 2.21. The summed E-state index contributed by atoms with van der Waals surface area (Å²) in [4.78, 5) is 5.84. The number of anilines is 1. The molecule has 2 rings (SSSR count). The predicted molar refractivity (Wildman–Crippen MR) is 66.2 cm³/mol. The van der Waals surface area contributed by atoms with Crippen LogP contribution in [-0.4, -0.2) is 4.98 Å². The van der Waals surface area contributed by atoms with E-state index in [2.05, 4.69) is 11.9 Å². The molecular weight excluding hydrogens is 204 g/mol. The summed E-state index contributed by atoms with van der Waals surface area (Å²) >= 11 is 1.70. The number of fused-ring (bicyclic) bond motifs is 1. The van der Waals surface area contributed by atoms with E-state index in [0.29, 0.717) is 0 Å². The summed E-state index contributed by atoms with van der Waals surface area (Å²) in [6.45, 7) is 2.27. The quantitative estimate of drug-likeness (QED) is 0.796. The largest absolute Gasteiger partial charge is 0.375 e. The van der Waals surface area contributed by atoms with Gasteiger partial charge in [0.2, 0.25) is 0 Å². The molecule has 1 aliphatic rings. The molecule has 0 fully saturated rings. The van der Waals surface area contributed by atoms with Crippen LogP contribution in [0.4, 0.5) is 5.13 Å². The number of aryl methyl sites for hydroxylation is 1. The van der Waals surface area contributed by atoms with E-state index in [4.69, 9.17) is 5.73 Å². The van der Waals surface area contributed by atoms with Crippen molar-refractivity contribution in [3.05, 3.63) is 10.6 Å². The highest BCUT2D eigenvalue weighted by atomic mass is 32.1. The normalized spacial score (nSPS) is 20.2. The topological polar surface area (TPSA) is 38.9 Å². The molecule has 0 aliphatic heterocycles. The Kier molecular flexibility index (Phi) is 3.62. The first kappa shape index (κ1) is 10.9. The Morgan fingerprint density at radius 3 is 3.13 bits per heavy atom. The van der Waals surface area contributed by atoms with Crippen molar-refractivity contribution >= 4 is 16.5 Å². The summed E-state index contributed by atoms with van der Waals surface area (Å²) in [6.07, 6.45) is 9.20. The van der Waals surface area contributed by atoms with E-state index in [0.717, 1.165) is 17.5 Å². The molecule has 1 aromatic rings. The number of unbranched alkanes of at least 4 members (excludes halogenated alkanes) is 2. The molecule has 0 aromatic carbocycles. The Balaban J connectivity index is 1.88. The molecule has 0 saturated carbocycles. The van der Waals surface area contributed by atoms with E-state index < -0.39 is 0 Å². The molecule has 0 amide bonds. The Hall–Kier alpha value is -0.570. The van der Waals surface area contributed by atoms with Crippen LogP contribution < -0.4 is 5.73 Å². The number of rotatable bonds is 4. The fourth-order valence-electron chi connectivity index (χ4n) is 2.39. The van der Waals surface area contributed by atoms with E-state index >= 15 is 0 Å². The van der Waals surface area contributed by atoms with Gasteiger partial charge in [0.1, 0.15) is 0 Å².